The Balaban J connectivity index is 1.20. The molecule has 1 amide bonds. The molecular formula is C36H39Cl2N5O3. The van der Waals surface area contributed by atoms with Gasteiger partial charge in [-0.25, -0.2) is 4.98 Å². The van der Waals surface area contributed by atoms with E-state index in [0.29, 0.717) is 31.9 Å². The van der Waals surface area contributed by atoms with Crippen LogP contribution in [-0.2, 0) is 32.9 Å². The summed E-state index contributed by atoms with van der Waals surface area (Å²) in [4.78, 5) is 21.2. The fourth-order valence-electron chi connectivity index (χ4n) is 7.72. The van der Waals surface area contributed by atoms with Crippen LogP contribution in [0.2, 0.25) is 10.0 Å². The number of halogens is 2. The Kier molecular flexibility index (Phi) is 8.36. The van der Waals surface area contributed by atoms with Crippen LogP contribution >= 0.6 is 23.2 Å². The molecule has 0 radical (unpaired) electrons. The van der Waals surface area contributed by atoms with Crippen molar-refractivity contribution in [3.63, 3.8) is 0 Å². The number of nitrogens with two attached hydrogens (primary N) is 1. The summed E-state index contributed by atoms with van der Waals surface area (Å²) in [5.41, 5.74) is 15.5. The average Bonchev–Trinajstić information content (AvgIpc) is 3.60. The van der Waals surface area contributed by atoms with Crippen molar-refractivity contribution in [1.82, 2.24) is 19.4 Å². The van der Waals surface area contributed by atoms with E-state index < -0.39 is 5.91 Å². The number of hydrogen-bond donors (Lipinski definition) is 2. The van der Waals surface area contributed by atoms with Gasteiger partial charge >= 0.3 is 0 Å². The maximum atomic E-state index is 12.1. The summed E-state index contributed by atoms with van der Waals surface area (Å²) in [6.07, 6.45) is 3.09. The maximum Gasteiger partial charge on any atom is 0.284 e. The van der Waals surface area contributed by atoms with Crippen LogP contribution in [-0.4, -0.2) is 70.3 Å². The number of amides is 1. The minimum absolute atomic E-state index is 0.0204. The van der Waals surface area contributed by atoms with Gasteiger partial charge in [0, 0.05) is 67.4 Å². The van der Waals surface area contributed by atoms with Crippen molar-refractivity contribution in [2.24, 2.45) is 12.8 Å². The number of ether oxygens (including phenoxy) is 1. The molecule has 3 aliphatic rings. The number of benzene rings is 3. The fraction of sp³-hybridized carbons (Fsp3) is 0.389. The highest BCUT2D eigenvalue weighted by Crippen LogP contribution is 2.47. The van der Waals surface area contributed by atoms with Gasteiger partial charge in [0.25, 0.3) is 5.91 Å². The van der Waals surface area contributed by atoms with E-state index in [9.17, 15) is 9.90 Å². The van der Waals surface area contributed by atoms with E-state index in [1.165, 1.54) is 11.1 Å². The molecule has 3 aromatic carbocycles. The topological polar surface area (TPSA) is 96.9 Å². The molecule has 3 N–H and O–H groups in total. The quantitative estimate of drug-likeness (QED) is 0.258. The number of β-amino-alcohol motifs (C(OH)–C–C–N with tert-alkyl or cyclic N) is 1. The SMILES string of the molecule is COc1cc(C2CCc3c(-c4cccc(CC5c6nc(C(N)=O)n(C)c6CCN5C)c4Cl)cccc32)c(Cl)cc1CN1CC(O)C1. The van der Waals surface area contributed by atoms with Gasteiger partial charge in [0.1, 0.15) is 5.75 Å². The van der Waals surface area contributed by atoms with E-state index in [1.54, 1.807) is 7.11 Å². The van der Waals surface area contributed by atoms with Gasteiger partial charge in [-0.15, -0.1) is 0 Å². The van der Waals surface area contributed by atoms with Gasteiger partial charge in [0.05, 0.1) is 30.0 Å². The largest absolute Gasteiger partial charge is 0.496 e. The molecule has 8 nitrogen and oxygen atoms in total. The lowest BCUT2D eigenvalue weighted by Gasteiger charge is -2.36. The van der Waals surface area contributed by atoms with E-state index in [2.05, 4.69) is 59.3 Å². The highest BCUT2D eigenvalue weighted by atomic mass is 35.5. The van der Waals surface area contributed by atoms with Crippen molar-refractivity contribution >= 4 is 29.1 Å². The van der Waals surface area contributed by atoms with Crippen molar-refractivity contribution in [1.29, 1.82) is 0 Å². The molecule has 2 atom stereocenters. The third kappa shape index (κ3) is 5.40. The van der Waals surface area contributed by atoms with Crippen LogP contribution in [0.1, 0.15) is 68.2 Å². The summed E-state index contributed by atoms with van der Waals surface area (Å²) in [5, 5.41) is 11.2. The number of likely N-dealkylation sites (tertiary alicyclic amines) is 1. The van der Waals surface area contributed by atoms with Gasteiger partial charge < -0.3 is 20.1 Å². The molecule has 0 bridgehead atoms. The molecule has 10 heteroatoms. The predicted octanol–water partition coefficient (Wildman–Crippen LogP) is 5.53. The summed E-state index contributed by atoms with van der Waals surface area (Å²) < 4.78 is 7.66. The van der Waals surface area contributed by atoms with Crippen LogP contribution in [0, 0.1) is 0 Å². The van der Waals surface area contributed by atoms with Crippen LogP contribution in [0.4, 0.5) is 0 Å². The number of aliphatic hydroxyl groups is 1. The third-order valence-corrected chi connectivity index (χ3v) is 10.9. The first-order valence-corrected chi connectivity index (χ1v) is 16.6. The third-order valence-electron chi connectivity index (χ3n) is 10.2. The zero-order chi connectivity index (χ0) is 32.3. The molecule has 7 rings (SSSR count). The summed E-state index contributed by atoms with van der Waals surface area (Å²) in [5.74, 6) is 0.754. The number of aromatic nitrogens is 2. The minimum atomic E-state index is -0.516. The number of aliphatic hydroxyl groups excluding tert-OH is 1. The molecule has 46 heavy (non-hydrogen) atoms. The molecule has 4 aromatic rings. The molecule has 2 unspecified atom stereocenters. The molecule has 1 saturated heterocycles. The standard InChI is InChI=1S/C36H39Cl2N5O3/c1-41-13-12-30-34(40-36(35(39)45)42(30)2)31(41)15-20-6-4-9-27(33(20)38)24-8-5-7-23-25(24)10-11-26(23)28-16-32(46-3)21(14-29(28)37)17-43-18-22(44)19-43/h4-9,14,16,22,26,31,44H,10-13,15,17-19H2,1-3H3,(H2,39,45). The van der Waals surface area contributed by atoms with E-state index in [4.69, 9.17) is 38.7 Å². The zero-order valence-corrected chi connectivity index (χ0v) is 27.9. The Hall–Kier alpha value is -3.40. The van der Waals surface area contributed by atoms with Gasteiger partial charge in [-0.2, -0.15) is 0 Å². The average molecular weight is 661 g/mol. The van der Waals surface area contributed by atoms with Crippen LogP contribution in [0.15, 0.2) is 48.5 Å². The molecule has 2 aliphatic heterocycles. The van der Waals surface area contributed by atoms with E-state index >= 15 is 0 Å². The summed E-state index contributed by atoms with van der Waals surface area (Å²) in [6, 6.07) is 16.9. The zero-order valence-electron chi connectivity index (χ0n) is 26.4. The highest BCUT2D eigenvalue weighted by Gasteiger charge is 2.33. The van der Waals surface area contributed by atoms with Gasteiger partial charge in [-0.1, -0.05) is 59.6 Å². The molecule has 0 saturated carbocycles. The van der Waals surface area contributed by atoms with Gasteiger partial charge in [-0.3, -0.25) is 14.6 Å². The fourth-order valence-corrected chi connectivity index (χ4v) is 8.35. The van der Waals surface area contributed by atoms with Crippen molar-refractivity contribution in [2.45, 2.75) is 50.3 Å². The molecule has 1 fully saturated rings. The number of rotatable bonds is 8. The first kappa shape index (κ1) is 31.2. The van der Waals surface area contributed by atoms with Gasteiger partial charge in [-0.05, 0) is 66.3 Å². The lowest BCUT2D eigenvalue weighted by Crippen LogP contribution is -2.49. The molecule has 240 valence electrons. The molecule has 1 aromatic heterocycles. The second-order valence-corrected chi connectivity index (χ2v) is 13.7. The number of methoxy groups -OCH3 is 1. The first-order chi connectivity index (χ1) is 22.1. The number of carbonyl (C=O) groups is 1. The first-order valence-electron chi connectivity index (χ1n) is 15.9. The van der Waals surface area contributed by atoms with Gasteiger partial charge in [0.2, 0.25) is 0 Å². The van der Waals surface area contributed by atoms with Crippen LogP contribution in [0.3, 0.4) is 0 Å². The Morgan fingerprint density at radius 1 is 1.04 bits per heavy atom. The van der Waals surface area contributed by atoms with E-state index in [-0.39, 0.29) is 18.1 Å². The molecule has 0 spiro atoms. The number of likely N-dealkylation sites (N-methyl/N-ethyl adjacent to an activating group) is 1. The number of imidazole rings is 1. The van der Waals surface area contributed by atoms with Gasteiger partial charge in [0.15, 0.2) is 5.82 Å². The van der Waals surface area contributed by atoms with Crippen LogP contribution in [0.25, 0.3) is 11.1 Å². The lowest BCUT2D eigenvalue weighted by molar-refractivity contribution is -0.00322. The Morgan fingerprint density at radius 2 is 1.80 bits per heavy atom. The lowest BCUT2D eigenvalue weighted by atomic mass is 9.89. The Morgan fingerprint density at radius 3 is 2.54 bits per heavy atom. The number of carbonyl (C=O) groups excluding carboxylic acids is 1. The van der Waals surface area contributed by atoms with E-state index in [0.717, 1.165) is 80.8 Å². The number of nitrogens with zero attached hydrogens (tertiary/aromatic N) is 4. The minimum Gasteiger partial charge on any atom is -0.496 e. The monoisotopic (exact) mass is 659 g/mol. The maximum absolute atomic E-state index is 12.1. The predicted molar refractivity (Wildman–Crippen MR) is 181 cm³/mol. The van der Waals surface area contributed by atoms with Crippen molar-refractivity contribution in [2.75, 3.05) is 33.8 Å². The van der Waals surface area contributed by atoms with Crippen LogP contribution < -0.4 is 10.5 Å². The second-order valence-electron chi connectivity index (χ2n) is 12.9. The molecular weight excluding hydrogens is 621 g/mol. The number of hydrogen-bond acceptors (Lipinski definition) is 6. The van der Waals surface area contributed by atoms with Crippen LogP contribution in [0.5, 0.6) is 5.75 Å². The second kappa shape index (κ2) is 12.3. The smallest absolute Gasteiger partial charge is 0.284 e. The Labute approximate surface area is 279 Å². The summed E-state index contributed by atoms with van der Waals surface area (Å²) >= 11 is 14.2. The van der Waals surface area contributed by atoms with Crippen molar-refractivity contribution in [3.8, 4) is 16.9 Å². The highest BCUT2D eigenvalue weighted by molar-refractivity contribution is 6.34. The van der Waals surface area contributed by atoms with Crippen molar-refractivity contribution < 1.29 is 14.6 Å². The summed E-state index contributed by atoms with van der Waals surface area (Å²) in [7, 11) is 5.66. The van der Waals surface area contributed by atoms with E-state index in [1.807, 2.05) is 17.7 Å². The molecule has 3 heterocycles. The van der Waals surface area contributed by atoms with Crippen molar-refractivity contribution in [3.05, 3.63) is 104 Å². The summed E-state index contributed by atoms with van der Waals surface area (Å²) in [6.45, 7) is 2.90. The molecule has 1 aliphatic carbocycles. The number of fused-ring (bicyclic) bond motifs is 2. The number of primary amides is 1. The Bertz CT molecular complexity index is 1830. The normalized spacial score (nSPS) is 20.0.